The van der Waals surface area contributed by atoms with Gasteiger partial charge in [-0.25, -0.2) is 4.68 Å². The molecule has 1 amide bonds. The molecule has 3 heterocycles. The van der Waals surface area contributed by atoms with Crippen LogP contribution in [0.25, 0.3) is 0 Å². The average molecular weight is 482 g/mol. The Balaban J connectivity index is 1.35. The van der Waals surface area contributed by atoms with Crippen LogP contribution in [0.3, 0.4) is 0 Å². The molecule has 0 saturated carbocycles. The van der Waals surface area contributed by atoms with Gasteiger partial charge in [0, 0.05) is 54.5 Å². The summed E-state index contributed by atoms with van der Waals surface area (Å²) in [5.74, 6) is -0.0689. The molecule has 0 bridgehead atoms. The van der Waals surface area contributed by atoms with Gasteiger partial charge in [-0.2, -0.15) is 10.2 Å². The van der Waals surface area contributed by atoms with Crippen LogP contribution in [0.5, 0.6) is 0 Å². The molecular formula is C21H23Cl3N6O. The monoisotopic (exact) mass is 480 g/mol. The van der Waals surface area contributed by atoms with Gasteiger partial charge in [0.15, 0.2) is 0 Å². The van der Waals surface area contributed by atoms with Gasteiger partial charge in [-0.15, -0.1) is 0 Å². The van der Waals surface area contributed by atoms with E-state index in [-0.39, 0.29) is 5.91 Å². The van der Waals surface area contributed by atoms with E-state index in [4.69, 9.17) is 34.8 Å². The molecule has 1 saturated heterocycles. The minimum Gasteiger partial charge on any atom is -0.335 e. The number of hydrogen-bond acceptors (Lipinski definition) is 4. The Morgan fingerprint density at radius 1 is 1.00 bits per heavy atom. The molecule has 7 nitrogen and oxygen atoms in total. The summed E-state index contributed by atoms with van der Waals surface area (Å²) >= 11 is 18.8. The third kappa shape index (κ3) is 4.75. The Morgan fingerprint density at radius 3 is 2.29 bits per heavy atom. The lowest BCUT2D eigenvalue weighted by molar-refractivity contribution is 0.0621. The van der Waals surface area contributed by atoms with Gasteiger partial charge in [-0.1, -0.05) is 40.9 Å². The molecule has 4 rings (SSSR count). The van der Waals surface area contributed by atoms with E-state index in [2.05, 4.69) is 15.1 Å². The molecule has 1 fully saturated rings. The van der Waals surface area contributed by atoms with Crippen molar-refractivity contribution in [3.8, 4) is 0 Å². The molecule has 10 heteroatoms. The van der Waals surface area contributed by atoms with E-state index in [9.17, 15) is 4.79 Å². The van der Waals surface area contributed by atoms with Gasteiger partial charge < -0.3 is 4.90 Å². The van der Waals surface area contributed by atoms with Crippen molar-refractivity contribution in [2.24, 2.45) is 0 Å². The largest absolute Gasteiger partial charge is 0.335 e. The summed E-state index contributed by atoms with van der Waals surface area (Å²) in [4.78, 5) is 17.0. The minimum absolute atomic E-state index is 0.0689. The number of amides is 1. The van der Waals surface area contributed by atoms with Gasteiger partial charge in [0.1, 0.15) is 12.4 Å². The van der Waals surface area contributed by atoms with Gasteiger partial charge in [-0.05, 0) is 32.0 Å². The van der Waals surface area contributed by atoms with Crippen molar-refractivity contribution in [1.82, 2.24) is 29.4 Å². The average Bonchev–Trinajstić information content (AvgIpc) is 3.32. The minimum atomic E-state index is -0.0689. The lowest BCUT2D eigenvalue weighted by Crippen LogP contribution is -2.48. The third-order valence-electron chi connectivity index (χ3n) is 5.53. The van der Waals surface area contributed by atoms with Gasteiger partial charge in [-0.3, -0.25) is 14.4 Å². The molecule has 164 valence electrons. The van der Waals surface area contributed by atoms with E-state index in [0.29, 0.717) is 47.1 Å². The second kappa shape index (κ2) is 9.20. The Hall–Kier alpha value is -2.06. The highest BCUT2D eigenvalue weighted by Gasteiger charge is 2.24. The molecule has 0 spiro atoms. The van der Waals surface area contributed by atoms with Crippen molar-refractivity contribution < 1.29 is 4.79 Å². The van der Waals surface area contributed by atoms with E-state index in [0.717, 1.165) is 30.0 Å². The van der Waals surface area contributed by atoms with Gasteiger partial charge in [0.2, 0.25) is 0 Å². The van der Waals surface area contributed by atoms with Crippen molar-refractivity contribution >= 4 is 40.7 Å². The predicted molar refractivity (Wildman–Crippen MR) is 122 cm³/mol. The van der Waals surface area contributed by atoms with Crippen molar-refractivity contribution in [3.05, 3.63) is 68.2 Å². The predicted octanol–water partition coefficient (Wildman–Crippen LogP) is 4.12. The first-order valence-electron chi connectivity index (χ1n) is 10.0. The second-order valence-electron chi connectivity index (χ2n) is 7.63. The first-order valence-corrected chi connectivity index (χ1v) is 11.1. The van der Waals surface area contributed by atoms with Gasteiger partial charge >= 0.3 is 0 Å². The summed E-state index contributed by atoms with van der Waals surface area (Å²) in [7, 11) is 0. The number of benzene rings is 1. The Labute approximate surface area is 196 Å². The molecule has 1 aromatic carbocycles. The molecule has 3 aromatic rings. The van der Waals surface area contributed by atoms with E-state index in [1.165, 1.54) is 0 Å². The Bertz CT molecular complexity index is 1080. The standard InChI is InChI=1S/C21H23Cl3N6O/c1-14-20(24)15(2)30(25-14)13-29-7-6-19(26-29)21(31)28-10-8-27(9-11-28)12-16-17(22)4-3-5-18(16)23/h3-7H,8-13H2,1-2H3. The molecule has 1 aliphatic rings. The fourth-order valence-electron chi connectivity index (χ4n) is 3.68. The number of halogens is 3. The molecule has 31 heavy (non-hydrogen) atoms. The number of hydrogen-bond donors (Lipinski definition) is 0. The first-order chi connectivity index (χ1) is 14.8. The van der Waals surface area contributed by atoms with Crippen molar-refractivity contribution in [2.45, 2.75) is 27.1 Å². The number of carbonyl (C=O) groups is 1. The molecular weight excluding hydrogens is 459 g/mol. The van der Waals surface area contributed by atoms with E-state index in [1.807, 2.05) is 36.9 Å². The molecule has 0 aliphatic carbocycles. The van der Waals surface area contributed by atoms with Crippen LogP contribution in [0.15, 0.2) is 30.5 Å². The maximum Gasteiger partial charge on any atom is 0.274 e. The first kappa shape index (κ1) is 22.1. The lowest BCUT2D eigenvalue weighted by atomic mass is 10.2. The number of nitrogens with zero attached hydrogens (tertiary/aromatic N) is 6. The summed E-state index contributed by atoms with van der Waals surface area (Å²) in [6.07, 6.45) is 1.78. The Morgan fingerprint density at radius 2 is 1.68 bits per heavy atom. The number of carbonyl (C=O) groups excluding carboxylic acids is 1. The zero-order valence-electron chi connectivity index (χ0n) is 17.4. The van der Waals surface area contributed by atoms with Crippen LogP contribution in [-0.4, -0.2) is 61.4 Å². The fraction of sp³-hybridized carbons (Fsp3) is 0.381. The normalized spacial score (nSPS) is 14.9. The van der Waals surface area contributed by atoms with Crippen LogP contribution in [0, 0.1) is 13.8 Å². The highest BCUT2D eigenvalue weighted by molar-refractivity contribution is 6.36. The van der Waals surface area contributed by atoms with Crippen LogP contribution in [0.4, 0.5) is 0 Å². The number of aromatic nitrogens is 4. The van der Waals surface area contributed by atoms with E-state index < -0.39 is 0 Å². The number of rotatable bonds is 5. The number of aryl methyl sites for hydroxylation is 1. The summed E-state index contributed by atoms with van der Waals surface area (Å²) in [6.45, 7) is 7.59. The molecule has 0 radical (unpaired) electrons. The zero-order chi connectivity index (χ0) is 22.1. The van der Waals surface area contributed by atoms with Crippen LogP contribution in [0.2, 0.25) is 15.1 Å². The van der Waals surface area contributed by atoms with Gasteiger partial charge in [0.05, 0.1) is 16.4 Å². The maximum atomic E-state index is 12.9. The smallest absolute Gasteiger partial charge is 0.274 e. The summed E-state index contributed by atoms with van der Waals surface area (Å²) in [5.41, 5.74) is 3.00. The number of piperazine rings is 1. The third-order valence-corrected chi connectivity index (χ3v) is 6.79. The summed E-state index contributed by atoms with van der Waals surface area (Å²) < 4.78 is 3.47. The maximum absolute atomic E-state index is 12.9. The molecule has 1 aliphatic heterocycles. The lowest BCUT2D eigenvalue weighted by Gasteiger charge is -2.34. The van der Waals surface area contributed by atoms with Crippen LogP contribution < -0.4 is 0 Å². The zero-order valence-corrected chi connectivity index (χ0v) is 19.6. The van der Waals surface area contributed by atoms with E-state index in [1.54, 1.807) is 21.6 Å². The summed E-state index contributed by atoms with van der Waals surface area (Å²) in [5, 5.41) is 10.8. The topological polar surface area (TPSA) is 59.2 Å². The fourth-order valence-corrected chi connectivity index (χ4v) is 4.33. The SMILES string of the molecule is Cc1nn(Cn2ccc(C(=O)N3CCN(Cc4c(Cl)cccc4Cl)CC3)n2)c(C)c1Cl. The molecule has 0 unspecified atom stereocenters. The highest BCUT2D eigenvalue weighted by Crippen LogP contribution is 2.26. The highest BCUT2D eigenvalue weighted by atomic mass is 35.5. The van der Waals surface area contributed by atoms with Crippen molar-refractivity contribution in [2.75, 3.05) is 26.2 Å². The van der Waals surface area contributed by atoms with Crippen LogP contribution >= 0.6 is 34.8 Å². The molecule has 0 N–H and O–H groups in total. The van der Waals surface area contributed by atoms with Crippen LogP contribution in [0.1, 0.15) is 27.4 Å². The van der Waals surface area contributed by atoms with Crippen molar-refractivity contribution in [3.63, 3.8) is 0 Å². The second-order valence-corrected chi connectivity index (χ2v) is 8.83. The Kier molecular flexibility index (Phi) is 6.57. The van der Waals surface area contributed by atoms with Crippen LogP contribution in [-0.2, 0) is 13.2 Å². The van der Waals surface area contributed by atoms with E-state index >= 15 is 0 Å². The van der Waals surface area contributed by atoms with Crippen molar-refractivity contribution in [1.29, 1.82) is 0 Å². The van der Waals surface area contributed by atoms with Gasteiger partial charge in [0.25, 0.3) is 5.91 Å². The molecule has 0 atom stereocenters. The summed E-state index contributed by atoms with van der Waals surface area (Å²) in [6, 6.07) is 7.27. The quantitative estimate of drug-likeness (QED) is 0.550. The molecule has 2 aromatic heterocycles.